The van der Waals surface area contributed by atoms with E-state index in [1.807, 2.05) is 0 Å². The molecule has 1 saturated heterocycles. The van der Waals surface area contributed by atoms with E-state index in [1.165, 1.54) is 6.42 Å². The van der Waals surface area contributed by atoms with Crippen LogP contribution in [0.5, 0.6) is 0 Å². The van der Waals surface area contributed by atoms with E-state index in [-0.39, 0.29) is 5.91 Å². The minimum atomic E-state index is 0.231. The van der Waals surface area contributed by atoms with Crippen molar-refractivity contribution in [2.75, 3.05) is 6.54 Å². The van der Waals surface area contributed by atoms with Gasteiger partial charge in [-0.3, -0.25) is 4.79 Å². The number of carbonyl (C=O) groups excluding carboxylic acids is 1. The highest BCUT2D eigenvalue weighted by atomic mass is 16.1. The first-order valence-electron chi connectivity index (χ1n) is 5.27. The molecular formula is C11H21NO. The van der Waals surface area contributed by atoms with Crippen molar-refractivity contribution >= 4 is 5.91 Å². The summed E-state index contributed by atoms with van der Waals surface area (Å²) in [6.07, 6.45) is 4.15. The smallest absolute Gasteiger partial charge is 0.220 e. The monoisotopic (exact) mass is 183 g/mol. The summed E-state index contributed by atoms with van der Waals surface area (Å²) in [5, 5.41) is 2.92. The van der Waals surface area contributed by atoms with Crippen LogP contribution < -0.4 is 5.32 Å². The SMILES string of the molecule is CC(C)(C)C1CCCNC(=O)CC1. The zero-order valence-corrected chi connectivity index (χ0v) is 9.02. The highest BCUT2D eigenvalue weighted by Crippen LogP contribution is 2.33. The van der Waals surface area contributed by atoms with Crippen LogP contribution in [0, 0.1) is 11.3 Å². The van der Waals surface area contributed by atoms with Crippen LogP contribution in [-0.4, -0.2) is 12.5 Å². The van der Waals surface area contributed by atoms with Crippen LogP contribution in [0.1, 0.15) is 46.5 Å². The summed E-state index contributed by atoms with van der Waals surface area (Å²) >= 11 is 0. The third-order valence-corrected chi connectivity index (χ3v) is 3.00. The molecule has 0 aliphatic carbocycles. The van der Waals surface area contributed by atoms with Gasteiger partial charge >= 0.3 is 0 Å². The van der Waals surface area contributed by atoms with E-state index in [0.29, 0.717) is 17.8 Å². The molecule has 2 heteroatoms. The van der Waals surface area contributed by atoms with Gasteiger partial charge in [-0.25, -0.2) is 0 Å². The van der Waals surface area contributed by atoms with Crippen molar-refractivity contribution in [2.24, 2.45) is 11.3 Å². The number of carbonyl (C=O) groups is 1. The summed E-state index contributed by atoms with van der Waals surface area (Å²) < 4.78 is 0. The van der Waals surface area contributed by atoms with E-state index in [4.69, 9.17) is 0 Å². The fraction of sp³-hybridized carbons (Fsp3) is 0.909. The molecular weight excluding hydrogens is 162 g/mol. The predicted molar refractivity (Wildman–Crippen MR) is 54.4 cm³/mol. The summed E-state index contributed by atoms with van der Waals surface area (Å²) in [6.45, 7) is 7.69. The average molecular weight is 183 g/mol. The Morgan fingerprint density at radius 2 is 2.00 bits per heavy atom. The topological polar surface area (TPSA) is 29.1 Å². The van der Waals surface area contributed by atoms with Crippen molar-refractivity contribution in [3.05, 3.63) is 0 Å². The van der Waals surface area contributed by atoms with Crippen molar-refractivity contribution in [1.82, 2.24) is 5.32 Å². The van der Waals surface area contributed by atoms with E-state index < -0.39 is 0 Å². The molecule has 1 unspecified atom stereocenters. The van der Waals surface area contributed by atoms with Crippen molar-refractivity contribution in [3.8, 4) is 0 Å². The zero-order valence-electron chi connectivity index (χ0n) is 9.02. The number of amides is 1. The van der Waals surface area contributed by atoms with E-state index in [1.54, 1.807) is 0 Å². The molecule has 76 valence electrons. The van der Waals surface area contributed by atoms with Crippen molar-refractivity contribution in [3.63, 3.8) is 0 Å². The Labute approximate surface area is 81.1 Å². The van der Waals surface area contributed by atoms with Gasteiger partial charge in [0, 0.05) is 13.0 Å². The van der Waals surface area contributed by atoms with Crippen LogP contribution in [0.3, 0.4) is 0 Å². The molecule has 0 aromatic heterocycles. The number of hydrogen-bond acceptors (Lipinski definition) is 1. The zero-order chi connectivity index (χ0) is 9.90. The van der Waals surface area contributed by atoms with E-state index >= 15 is 0 Å². The second kappa shape index (κ2) is 4.12. The van der Waals surface area contributed by atoms with Crippen LogP contribution >= 0.6 is 0 Å². The number of rotatable bonds is 0. The van der Waals surface area contributed by atoms with Gasteiger partial charge in [0.1, 0.15) is 0 Å². The maximum Gasteiger partial charge on any atom is 0.220 e. The molecule has 1 aliphatic rings. The lowest BCUT2D eigenvalue weighted by atomic mass is 9.75. The minimum Gasteiger partial charge on any atom is -0.356 e. The third kappa shape index (κ3) is 3.37. The molecule has 1 aliphatic heterocycles. The van der Waals surface area contributed by atoms with Crippen molar-refractivity contribution in [2.45, 2.75) is 46.5 Å². The Hall–Kier alpha value is -0.530. The first-order valence-corrected chi connectivity index (χ1v) is 5.27. The fourth-order valence-electron chi connectivity index (χ4n) is 1.98. The maximum absolute atomic E-state index is 11.2. The van der Waals surface area contributed by atoms with Gasteiger partial charge in [0.05, 0.1) is 0 Å². The second-order valence-corrected chi connectivity index (χ2v) is 5.09. The number of hydrogen-bond donors (Lipinski definition) is 1. The third-order valence-electron chi connectivity index (χ3n) is 3.00. The van der Waals surface area contributed by atoms with Crippen molar-refractivity contribution in [1.29, 1.82) is 0 Å². The summed E-state index contributed by atoms with van der Waals surface area (Å²) in [5.74, 6) is 0.938. The second-order valence-electron chi connectivity index (χ2n) is 5.09. The van der Waals surface area contributed by atoms with Gasteiger partial charge in [-0.05, 0) is 30.6 Å². The molecule has 1 N–H and O–H groups in total. The average Bonchev–Trinajstić information content (AvgIpc) is 1.94. The molecule has 0 spiro atoms. The normalized spacial score (nSPS) is 26.1. The van der Waals surface area contributed by atoms with Crippen LogP contribution in [0.25, 0.3) is 0 Å². The molecule has 0 saturated carbocycles. The maximum atomic E-state index is 11.2. The van der Waals surface area contributed by atoms with E-state index in [2.05, 4.69) is 26.1 Å². The van der Waals surface area contributed by atoms with Gasteiger partial charge in [0.25, 0.3) is 0 Å². The van der Waals surface area contributed by atoms with Gasteiger partial charge in [-0.2, -0.15) is 0 Å². The van der Waals surface area contributed by atoms with E-state index in [9.17, 15) is 4.79 Å². The first kappa shape index (κ1) is 10.6. The minimum absolute atomic E-state index is 0.231. The molecule has 1 rings (SSSR count). The van der Waals surface area contributed by atoms with Crippen LogP contribution in [0.15, 0.2) is 0 Å². The van der Waals surface area contributed by atoms with Crippen LogP contribution in [-0.2, 0) is 4.79 Å². The molecule has 1 heterocycles. The van der Waals surface area contributed by atoms with Crippen LogP contribution in [0.2, 0.25) is 0 Å². The van der Waals surface area contributed by atoms with Crippen molar-refractivity contribution < 1.29 is 4.79 Å². The first-order chi connectivity index (χ1) is 6.00. The van der Waals surface area contributed by atoms with Gasteiger partial charge in [-0.15, -0.1) is 0 Å². The lowest BCUT2D eigenvalue weighted by Crippen LogP contribution is -2.31. The molecule has 0 aromatic carbocycles. The molecule has 0 radical (unpaired) electrons. The standard InChI is InChI=1S/C11H21NO/c1-11(2,3)9-5-4-8-12-10(13)7-6-9/h9H,4-8H2,1-3H3,(H,12,13). The molecule has 0 bridgehead atoms. The predicted octanol–water partition coefficient (Wildman–Crippen LogP) is 2.34. The quantitative estimate of drug-likeness (QED) is 0.613. The Kier molecular flexibility index (Phi) is 3.34. The van der Waals surface area contributed by atoms with E-state index in [0.717, 1.165) is 19.4 Å². The Bertz CT molecular complexity index is 181. The lowest BCUT2D eigenvalue weighted by Gasteiger charge is -2.32. The summed E-state index contributed by atoms with van der Waals surface area (Å²) in [7, 11) is 0. The molecule has 2 nitrogen and oxygen atoms in total. The molecule has 1 fully saturated rings. The largest absolute Gasteiger partial charge is 0.356 e. The van der Waals surface area contributed by atoms with Gasteiger partial charge in [0.2, 0.25) is 5.91 Å². The fourth-order valence-corrected chi connectivity index (χ4v) is 1.98. The highest BCUT2D eigenvalue weighted by molar-refractivity contribution is 5.75. The Morgan fingerprint density at radius 3 is 2.62 bits per heavy atom. The van der Waals surface area contributed by atoms with Gasteiger partial charge < -0.3 is 5.32 Å². The van der Waals surface area contributed by atoms with Gasteiger partial charge in [0.15, 0.2) is 0 Å². The Morgan fingerprint density at radius 1 is 1.31 bits per heavy atom. The lowest BCUT2D eigenvalue weighted by molar-refractivity contribution is -0.121. The molecule has 0 aromatic rings. The summed E-state index contributed by atoms with van der Waals surface area (Å²) in [5.41, 5.74) is 0.359. The highest BCUT2D eigenvalue weighted by Gasteiger charge is 2.25. The molecule has 1 amide bonds. The molecule has 13 heavy (non-hydrogen) atoms. The summed E-state index contributed by atoms with van der Waals surface area (Å²) in [6, 6.07) is 0. The Balaban J connectivity index is 2.50. The van der Waals surface area contributed by atoms with Crippen LogP contribution in [0.4, 0.5) is 0 Å². The molecule has 1 atom stereocenters. The van der Waals surface area contributed by atoms with Gasteiger partial charge in [-0.1, -0.05) is 20.8 Å². The summed E-state index contributed by atoms with van der Waals surface area (Å²) in [4.78, 5) is 11.2. The number of nitrogens with one attached hydrogen (secondary N) is 1.